The van der Waals surface area contributed by atoms with Gasteiger partial charge < -0.3 is 5.32 Å². The number of rotatable bonds is 4. The van der Waals surface area contributed by atoms with Crippen molar-refractivity contribution in [3.63, 3.8) is 0 Å². The van der Waals surface area contributed by atoms with Crippen molar-refractivity contribution in [3.8, 4) is 5.69 Å². The number of nitrogens with one attached hydrogen (secondary N) is 1. The van der Waals surface area contributed by atoms with Crippen molar-refractivity contribution < 1.29 is 0 Å². The SMILES string of the molecule is Clc1ccc(-n2cc(CNC3CC3)cn2)cc1Cl. The molecule has 3 nitrogen and oxygen atoms in total. The highest BCUT2D eigenvalue weighted by atomic mass is 35.5. The molecule has 0 bridgehead atoms. The second kappa shape index (κ2) is 4.92. The summed E-state index contributed by atoms with van der Waals surface area (Å²) in [5.74, 6) is 0. The Morgan fingerprint density at radius 3 is 2.83 bits per heavy atom. The van der Waals surface area contributed by atoms with E-state index in [0.29, 0.717) is 16.1 Å². The Balaban J connectivity index is 1.76. The van der Waals surface area contributed by atoms with Gasteiger partial charge in [0, 0.05) is 24.3 Å². The molecule has 0 saturated heterocycles. The van der Waals surface area contributed by atoms with E-state index >= 15 is 0 Å². The third-order valence-electron chi connectivity index (χ3n) is 2.98. The molecule has 5 heteroatoms. The first-order valence-electron chi connectivity index (χ1n) is 5.95. The van der Waals surface area contributed by atoms with Crippen LogP contribution in [-0.2, 0) is 6.54 Å². The predicted molar refractivity (Wildman–Crippen MR) is 73.4 cm³/mol. The van der Waals surface area contributed by atoms with Gasteiger partial charge in [0.05, 0.1) is 21.9 Å². The molecule has 3 rings (SSSR count). The van der Waals surface area contributed by atoms with Crippen LogP contribution >= 0.6 is 23.2 Å². The first-order chi connectivity index (χ1) is 8.72. The van der Waals surface area contributed by atoms with Gasteiger partial charge in [0.1, 0.15) is 0 Å². The molecular weight excluding hydrogens is 269 g/mol. The standard InChI is InChI=1S/C13H13Cl2N3/c14-12-4-3-11(5-13(12)15)18-8-9(7-17-18)6-16-10-1-2-10/h3-5,7-8,10,16H,1-2,6H2. The summed E-state index contributed by atoms with van der Waals surface area (Å²) in [4.78, 5) is 0. The van der Waals surface area contributed by atoms with Crippen LogP contribution in [0.1, 0.15) is 18.4 Å². The van der Waals surface area contributed by atoms with E-state index < -0.39 is 0 Å². The maximum absolute atomic E-state index is 6.00. The number of nitrogens with zero attached hydrogens (tertiary/aromatic N) is 2. The molecule has 1 saturated carbocycles. The minimum Gasteiger partial charge on any atom is -0.310 e. The minimum atomic E-state index is 0.544. The molecule has 1 aromatic carbocycles. The molecule has 0 radical (unpaired) electrons. The van der Waals surface area contributed by atoms with Crippen LogP contribution < -0.4 is 5.32 Å². The number of aromatic nitrogens is 2. The van der Waals surface area contributed by atoms with E-state index in [2.05, 4.69) is 10.4 Å². The Morgan fingerprint density at radius 1 is 1.28 bits per heavy atom. The summed E-state index contributed by atoms with van der Waals surface area (Å²) in [5.41, 5.74) is 2.09. The molecule has 1 aliphatic carbocycles. The Morgan fingerprint density at radius 2 is 2.11 bits per heavy atom. The summed E-state index contributed by atoms with van der Waals surface area (Å²) in [7, 11) is 0. The van der Waals surface area contributed by atoms with Crippen LogP contribution in [-0.4, -0.2) is 15.8 Å². The van der Waals surface area contributed by atoms with Gasteiger partial charge in [-0.2, -0.15) is 5.10 Å². The Kier molecular flexibility index (Phi) is 3.29. The number of halogens is 2. The van der Waals surface area contributed by atoms with Gasteiger partial charge in [-0.25, -0.2) is 4.68 Å². The van der Waals surface area contributed by atoms with Crippen molar-refractivity contribution in [2.75, 3.05) is 0 Å². The van der Waals surface area contributed by atoms with E-state index in [-0.39, 0.29) is 0 Å². The molecule has 18 heavy (non-hydrogen) atoms. The minimum absolute atomic E-state index is 0.544. The normalized spacial score (nSPS) is 15.0. The molecule has 1 aliphatic rings. The van der Waals surface area contributed by atoms with Gasteiger partial charge in [-0.15, -0.1) is 0 Å². The lowest BCUT2D eigenvalue weighted by molar-refractivity contribution is 0.687. The molecule has 94 valence electrons. The molecule has 2 aromatic rings. The summed E-state index contributed by atoms with van der Waals surface area (Å²) >= 11 is 11.9. The Labute approximate surface area is 116 Å². The zero-order valence-electron chi connectivity index (χ0n) is 9.74. The second-order valence-corrected chi connectivity index (χ2v) is 5.36. The second-order valence-electron chi connectivity index (χ2n) is 4.55. The summed E-state index contributed by atoms with van der Waals surface area (Å²) in [6.45, 7) is 0.867. The zero-order chi connectivity index (χ0) is 12.5. The third kappa shape index (κ3) is 2.69. The zero-order valence-corrected chi connectivity index (χ0v) is 11.2. The number of benzene rings is 1. The summed E-state index contributed by atoms with van der Waals surface area (Å²) < 4.78 is 1.81. The van der Waals surface area contributed by atoms with Crippen molar-refractivity contribution in [1.82, 2.24) is 15.1 Å². The number of hydrogen-bond donors (Lipinski definition) is 1. The van der Waals surface area contributed by atoms with Crippen molar-refractivity contribution in [2.45, 2.75) is 25.4 Å². The van der Waals surface area contributed by atoms with Crippen LogP contribution in [0.25, 0.3) is 5.69 Å². The molecule has 1 N–H and O–H groups in total. The predicted octanol–water partition coefficient (Wildman–Crippen LogP) is 3.43. The van der Waals surface area contributed by atoms with Gasteiger partial charge in [-0.1, -0.05) is 23.2 Å². The van der Waals surface area contributed by atoms with E-state index in [1.54, 1.807) is 6.07 Å². The van der Waals surface area contributed by atoms with Crippen molar-refractivity contribution >= 4 is 23.2 Å². The molecule has 1 aromatic heterocycles. The van der Waals surface area contributed by atoms with Crippen LogP contribution in [0.4, 0.5) is 0 Å². The van der Waals surface area contributed by atoms with Crippen molar-refractivity contribution in [2.24, 2.45) is 0 Å². The van der Waals surface area contributed by atoms with Gasteiger partial charge in [0.25, 0.3) is 0 Å². The van der Waals surface area contributed by atoms with Gasteiger partial charge in [0.15, 0.2) is 0 Å². The average Bonchev–Trinajstić information content (AvgIpc) is 3.08. The molecule has 0 aliphatic heterocycles. The lowest BCUT2D eigenvalue weighted by atomic mass is 10.3. The summed E-state index contributed by atoms with van der Waals surface area (Å²) in [5, 5.41) is 8.89. The summed E-state index contributed by atoms with van der Waals surface area (Å²) in [6, 6.07) is 6.20. The molecule has 0 spiro atoms. The third-order valence-corrected chi connectivity index (χ3v) is 3.72. The van der Waals surface area contributed by atoms with E-state index in [4.69, 9.17) is 23.2 Å². The topological polar surface area (TPSA) is 29.9 Å². The maximum atomic E-state index is 6.00. The smallest absolute Gasteiger partial charge is 0.0661 e. The highest BCUT2D eigenvalue weighted by Crippen LogP contribution is 2.24. The first kappa shape index (κ1) is 12.0. The molecular formula is C13H13Cl2N3. The maximum Gasteiger partial charge on any atom is 0.0661 e. The molecule has 1 fully saturated rings. The molecule has 0 atom stereocenters. The average molecular weight is 282 g/mol. The van der Waals surface area contributed by atoms with Crippen LogP contribution in [0.3, 0.4) is 0 Å². The van der Waals surface area contributed by atoms with Crippen LogP contribution in [0, 0.1) is 0 Å². The van der Waals surface area contributed by atoms with Crippen LogP contribution in [0.5, 0.6) is 0 Å². The fourth-order valence-electron chi connectivity index (χ4n) is 1.77. The fourth-order valence-corrected chi connectivity index (χ4v) is 2.06. The fraction of sp³-hybridized carbons (Fsp3) is 0.308. The van der Waals surface area contributed by atoms with Gasteiger partial charge in [-0.05, 0) is 31.0 Å². The largest absolute Gasteiger partial charge is 0.310 e. The van der Waals surface area contributed by atoms with Crippen molar-refractivity contribution in [3.05, 3.63) is 46.2 Å². The quantitative estimate of drug-likeness (QED) is 0.931. The van der Waals surface area contributed by atoms with Gasteiger partial charge >= 0.3 is 0 Å². The monoisotopic (exact) mass is 281 g/mol. The Hall–Kier alpha value is -1.03. The lowest BCUT2D eigenvalue weighted by Gasteiger charge is -2.03. The van der Waals surface area contributed by atoms with E-state index in [1.807, 2.05) is 29.2 Å². The van der Waals surface area contributed by atoms with E-state index in [1.165, 1.54) is 18.4 Å². The van der Waals surface area contributed by atoms with Gasteiger partial charge in [0.2, 0.25) is 0 Å². The molecule has 0 amide bonds. The van der Waals surface area contributed by atoms with Crippen LogP contribution in [0.2, 0.25) is 10.0 Å². The summed E-state index contributed by atoms with van der Waals surface area (Å²) in [6.07, 6.45) is 6.47. The van der Waals surface area contributed by atoms with E-state index in [9.17, 15) is 0 Å². The first-order valence-corrected chi connectivity index (χ1v) is 6.70. The highest BCUT2D eigenvalue weighted by molar-refractivity contribution is 6.42. The number of hydrogen-bond acceptors (Lipinski definition) is 2. The van der Waals surface area contributed by atoms with Crippen molar-refractivity contribution in [1.29, 1.82) is 0 Å². The van der Waals surface area contributed by atoms with E-state index in [0.717, 1.165) is 12.2 Å². The lowest BCUT2D eigenvalue weighted by Crippen LogP contribution is -2.14. The molecule has 0 unspecified atom stereocenters. The van der Waals surface area contributed by atoms with Gasteiger partial charge in [-0.3, -0.25) is 0 Å². The Bertz CT molecular complexity index is 561. The van der Waals surface area contributed by atoms with Crippen LogP contribution in [0.15, 0.2) is 30.6 Å². The molecule has 1 heterocycles. The highest BCUT2D eigenvalue weighted by Gasteiger charge is 2.20.